The largest absolute Gasteiger partial charge is 0.465 e. The number of esters is 1. The second kappa shape index (κ2) is 21.8. The van der Waals surface area contributed by atoms with Gasteiger partial charge < -0.3 is 21.9 Å². The summed E-state index contributed by atoms with van der Waals surface area (Å²) in [4.78, 5) is 15.6. The normalized spacial score (nSPS) is 11.9. The molecule has 0 saturated carbocycles. The van der Waals surface area contributed by atoms with Gasteiger partial charge in [0.2, 0.25) is 0 Å². The number of rotatable bonds is 18. The first-order valence-electron chi connectivity index (χ1n) is 11.2. The van der Waals surface area contributed by atoms with Crippen molar-refractivity contribution in [2.45, 2.75) is 103 Å². The van der Waals surface area contributed by atoms with Crippen LogP contribution in [0.25, 0.3) is 0 Å². The van der Waals surface area contributed by atoms with E-state index in [0.717, 1.165) is 12.8 Å². The molecule has 10 nitrogen and oxygen atoms in total. The zero-order valence-electron chi connectivity index (χ0n) is 19.0. The van der Waals surface area contributed by atoms with Crippen LogP contribution < -0.4 is 17.2 Å². The lowest BCUT2D eigenvalue weighted by molar-refractivity contribution is -0.145. The molecule has 0 aromatic carbocycles. The van der Waals surface area contributed by atoms with Crippen LogP contribution in [0.5, 0.6) is 0 Å². The Morgan fingerprint density at radius 1 is 0.871 bits per heavy atom. The minimum absolute atomic E-state index is 0.0631. The maximum Gasteiger partial charge on any atom is 0.394 e. The monoisotopic (exact) mass is 468 g/mol. The van der Waals surface area contributed by atoms with Crippen LogP contribution in [0.15, 0.2) is 4.99 Å². The van der Waals surface area contributed by atoms with E-state index in [1.54, 1.807) is 0 Å². The van der Waals surface area contributed by atoms with E-state index >= 15 is 0 Å². The van der Waals surface area contributed by atoms with Crippen molar-refractivity contribution in [2.75, 3.05) is 13.2 Å². The topological polar surface area (TPSA) is 191 Å². The predicted octanol–water partition coefficient (Wildman–Crippen LogP) is 2.96. The van der Waals surface area contributed by atoms with E-state index in [4.69, 9.17) is 39.5 Å². The number of guanidine groups is 1. The van der Waals surface area contributed by atoms with Gasteiger partial charge in [0.1, 0.15) is 6.04 Å². The Morgan fingerprint density at radius 3 is 1.71 bits per heavy atom. The van der Waals surface area contributed by atoms with Crippen LogP contribution in [0.3, 0.4) is 0 Å². The van der Waals surface area contributed by atoms with Crippen LogP contribution in [0, 0.1) is 0 Å². The molecule has 31 heavy (non-hydrogen) atoms. The summed E-state index contributed by atoms with van der Waals surface area (Å²) < 4.78 is 36.8. The van der Waals surface area contributed by atoms with Gasteiger partial charge in [0.15, 0.2) is 5.96 Å². The summed E-state index contributed by atoms with van der Waals surface area (Å²) in [5.74, 6) is -0.258. The number of unbranched alkanes of at least 4 members (excludes halogenated alkanes) is 11. The Balaban J connectivity index is 0. The van der Waals surface area contributed by atoms with Crippen LogP contribution in [0.2, 0.25) is 0 Å². The van der Waals surface area contributed by atoms with Crippen molar-refractivity contribution in [3.63, 3.8) is 0 Å². The average molecular weight is 469 g/mol. The van der Waals surface area contributed by atoms with E-state index in [0.29, 0.717) is 26.0 Å². The van der Waals surface area contributed by atoms with Crippen molar-refractivity contribution in [1.82, 2.24) is 0 Å². The minimum Gasteiger partial charge on any atom is -0.465 e. The third kappa shape index (κ3) is 33.4. The molecule has 8 N–H and O–H groups in total. The molecule has 0 radical (unpaired) electrons. The number of aliphatic imine (C=N–C) groups is 1. The summed E-state index contributed by atoms with van der Waals surface area (Å²) in [6, 6.07) is -0.582. The van der Waals surface area contributed by atoms with E-state index in [2.05, 4.69) is 11.9 Å². The predicted molar refractivity (Wildman–Crippen MR) is 124 cm³/mol. The fourth-order valence-electron chi connectivity index (χ4n) is 2.86. The quantitative estimate of drug-likeness (QED) is 0.0661. The van der Waals surface area contributed by atoms with Crippen LogP contribution in [0.4, 0.5) is 0 Å². The first-order chi connectivity index (χ1) is 14.6. The summed E-state index contributed by atoms with van der Waals surface area (Å²) in [6.07, 6.45) is 16.7. The zero-order valence-corrected chi connectivity index (χ0v) is 19.8. The molecule has 11 heteroatoms. The number of hydrogen-bond donors (Lipinski definition) is 5. The van der Waals surface area contributed by atoms with Gasteiger partial charge in [0.25, 0.3) is 0 Å². The Bertz CT molecular complexity index is 546. The molecule has 0 bridgehead atoms. The molecule has 0 spiro atoms. The van der Waals surface area contributed by atoms with Crippen molar-refractivity contribution in [1.29, 1.82) is 0 Å². The minimum atomic E-state index is -4.67. The third-order valence-electron chi connectivity index (χ3n) is 4.51. The maximum atomic E-state index is 11.7. The average Bonchev–Trinajstić information content (AvgIpc) is 2.67. The highest BCUT2D eigenvalue weighted by Gasteiger charge is 2.14. The third-order valence-corrected chi connectivity index (χ3v) is 4.51. The van der Waals surface area contributed by atoms with Crippen molar-refractivity contribution >= 4 is 22.3 Å². The number of hydrogen-bond acceptors (Lipinski definition) is 6. The summed E-state index contributed by atoms with van der Waals surface area (Å²) in [6.45, 7) is 3.21. The van der Waals surface area contributed by atoms with Crippen molar-refractivity contribution in [3.8, 4) is 0 Å². The highest BCUT2D eigenvalue weighted by molar-refractivity contribution is 7.79. The van der Waals surface area contributed by atoms with Gasteiger partial charge in [-0.1, -0.05) is 77.6 Å². The Labute approximate surface area is 188 Å². The van der Waals surface area contributed by atoms with Gasteiger partial charge in [-0.25, -0.2) is 0 Å². The Kier molecular flexibility index (Phi) is 22.3. The number of carbonyl (C=O) groups excluding carboxylic acids is 1. The van der Waals surface area contributed by atoms with Gasteiger partial charge in [-0.15, -0.1) is 0 Å². The summed E-state index contributed by atoms with van der Waals surface area (Å²) in [7, 11) is -4.67. The lowest BCUT2D eigenvalue weighted by atomic mass is 10.1. The van der Waals surface area contributed by atoms with E-state index < -0.39 is 16.4 Å². The van der Waals surface area contributed by atoms with Crippen LogP contribution in [-0.4, -0.2) is 48.6 Å². The highest BCUT2D eigenvalue weighted by Crippen LogP contribution is 2.12. The molecular formula is C20H44N4O6S. The van der Waals surface area contributed by atoms with Gasteiger partial charge in [-0.2, -0.15) is 8.42 Å². The first-order valence-corrected chi connectivity index (χ1v) is 12.6. The molecule has 0 aromatic heterocycles. The summed E-state index contributed by atoms with van der Waals surface area (Å²) in [5, 5.41) is 0. The van der Waals surface area contributed by atoms with E-state index in [-0.39, 0.29) is 11.9 Å². The fraction of sp³-hybridized carbons (Fsp3) is 0.900. The van der Waals surface area contributed by atoms with Crippen molar-refractivity contribution < 1.29 is 27.1 Å². The Morgan fingerprint density at radius 2 is 1.29 bits per heavy atom. The molecule has 0 aliphatic rings. The molecule has 186 valence electrons. The molecule has 0 aliphatic heterocycles. The second-order valence-corrected chi connectivity index (χ2v) is 8.46. The van der Waals surface area contributed by atoms with E-state index in [9.17, 15) is 4.79 Å². The van der Waals surface area contributed by atoms with Gasteiger partial charge in [0.05, 0.1) is 6.61 Å². The molecule has 0 rings (SSSR count). The number of carbonyl (C=O) groups is 1. The number of nitrogens with zero attached hydrogens (tertiary/aromatic N) is 1. The van der Waals surface area contributed by atoms with Crippen LogP contribution in [-0.2, 0) is 19.9 Å². The molecule has 0 fully saturated rings. The second-order valence-electron chi connectivity index (χ2n) is 7.56. The fourth-order valence-corrected chi connectivity index (χ4v) is 2.86. The van der Waals surface area contributed by atoms with E-state index in [1.165, 1.54) is 64.2 Å². The summed E-state index contributed by atoms with van der Waals surface area (Å²) >= 11 is 0. The van der Waals surface area contributed by atoms with Gasteiger partial charge in [0, 0.05) is 6.54 Å². The van der Waals surface area contributed by atoms with Crippen LogP contribution >= 0.6 is 0 Å². The summed E-state index contributed by atoms with van der Waals surface area (Å²) in [5.41, 5.74) is 16.3. The molecule has 1 atom stereocenters. The number of ether oxygens (including phenoxy) is 1. The first kappa shape index (κ1) is 31.8. The molecule has 0 aromatic rings. The molecule has 0 saturated heterocycles. The molecule has 0 aliphatic carbocycles. The lowest BCUT2D eigenvalue weighted by Crippen LogP contribution is -2.32. The molecule has 0 heterocycles. The van der Waals surface area contributed by atoms with Gasteiger partial charge in [-0.3, -0.25) is 18.9 Å². The van der Waals surface area contributed by atoms with Crippen molar-refractivity contribution in [2.24, 2.45) is 22.2 Å². The van der Waals surface area contributed by atoms with E-state index in [1.807, 2.05) is 0 Å². The van der Waals surface area contributed by atoms with Crippen LogP contribution in [0.1, 0.15) is 96.8 Å². The highest BCUT2D eigenvalue weighted by atomic mass is 32.3. The number of nitrogens with two attached hydrogens (primary N) is 3. The Hall–Kier alpha value is -1.43. The zero-order chi connectivity index (χ0) is 24.0. The maximum absolute atomic E-state index is 11.7. The lowest BCUT2D eigenvalue weighted by Gasteiger charge is -2.10. The smallest absolute Gasteiger partial charge is 0.394 e. The SMILES string of the molecule is CCCCCCCCCCCCCCOC(=O)[C@@H](N)CCCN=C(N)N.O=S(=O)(O)O. The van der Waals surface area contributed by atoms with Gasteiger partial charge >= 0.3 is 16.4 Å². The standard InChI is InChI=1S/C20H42N4O2.H2O4S/c1-2-3-4-5-6-7-8-9-10-11-12-13-17-26-19(25)18(21)15-14-16-24-20(22)23;1-5(2,3)4/h18H,2-17,21H2,1H3,(H4,22,23,24);(H2,1,2,3,4)/t18-;/m0./s1. The molecule has 0 unspecified atom stereocenters. The molecule has 0 amide bonds. The van der Waals surface area contributed by atoms with Crippen molar-refractivity contribution in [3.05, 3.63) is 0 Å². The molecular weight excluding hydrogens is 424 g/mol. The van der Waals surface area contributed by atoms with Gasteiger partial charge in [-0.05, 0) is 19.3 Å².